The molecule has 1 aliphatic heterocycles. The lowest BCUT2D eigenvalue weighted by Crippen LogP contribution is -2.00. The van der Waals surface area contributed by atoms with E-state index in [1.54, 1.807) is 12.1 Å². The molecule has 1 aromatic rings. The van der Waals surface area contributed by atoms with E-state index in [2.05, 4.69) is 6.92 Å². The molecule has 2 nitrogen and oxygen atoms in total. The van der Waals surface area contributed by atoms with E-state index in [-0.39, 0.29) is 5.82 Å². The first-order valence-electron chi connectivity index (χ1n) is 5.77. The van der Waals surface area contributed by atoms with Crippen LogP contribution in [0.5, 0.6) is 5.75 Å². The summed E-state index contributed by atoms with van der Waals surface area (Å²) in [4.78, 5) is 0. The maximum Gasteiger partial charge on any atom is 0.123 e. The molecular weight excluding hydrogens is 207 g/mol. The van der Waals surface area contributed by atoms with Gasteiger partial charge in [-0.1, -0.05) is 0 Å². The van der Waals surface area contributed by atoms with Crippen LogP contribution in [0.4, 0.5) is 4.39 Å². The molecule has 2 rings (SSSR count). The highest BCUT2D eigenvalue weighted by molar-refractivity contribution is 5.34. The Morgan fingerprint density at radius 3 is 2.81 bits per heavy atom. The van der Waals surface area contributed by atoms with Crippen LogP contribution < -0.4 is 4.74 Å². The second-order valence-corrected chi connectivity index (χ2v) is 4.10. The Labute approximate surface area is 95.4 Å². The first kappa shape index (κ1) is 11.4. The average molecular weight is 224 g/mol. The number of benzene rings is 1. The Morgan fingerprint density at radius 1 is 1.44 bits per heavy atom. The summed E-state index contributed by atoms with van der Waals surface area (Å²) >= 11 is 0. The second-order valence-electron chi connectivity index (χ2n) is 4.10. The zero-order valence-electron chi connectivity index (χ0n) is 9.70. The third-order valence-electron chi connectivity index (χ3n) is 2.86. The van der Waals surface area contributed by atoms with Crippen molar-refractivity contribution in [2.75, 3.05) is 6.61 Å². The third-order valence-corrected chi connectivity index (χ3v) is 2.86. The fourth-order valence-corrected chi connectivity index (χ4v) is 1.87. The lowest BCUT2D eigenvalue weighted by molar-refractivity contribution is 0.333. The Balaban J connectivity index is 2.01. The van der Waals surface area contributed by atoms with E-state index in [9.17, 15) is 4.39 Å². The smallest absolute Gasteiger partial charge is 0.123 e. The van der Waals surface area contributed by atoms with Crippen molar-refractivity contribution in [3.05, 3.63) is 29.6 Å². The van der Waals surface area contributed by atoms with Crippen molar-refractivity contribution in [3.8, 4) is 5.75 Å². The summed E-state index contributed by atoms with van der Waals surface area (Å²) in [5.41, 5.74) is 0.935. The van der Waals surface area contributed by atoms with Gasteiger partial charge in [0.05, 0.1) is 18.8 Å². The maximum atomic E-state index is 13.1. The van der Waals surface area contributed by atoms with E-state index in [4.69, 9.17) is 9.47 Å². The maximum absolute atomic E-state index is 13.1. The van der Waals surface area contributed by atoms with Gasteiger partial charge in [0.25, 0.3) is 0 Å². The largest absolute Gasteiger partial charge is 0.494 e. The van der Waals surface area contributed by atoms with Crippen molar-refractivity contribution in [1.29, 1.82) is 0 Å². The Kier molecular flexibility index (Phi) is 3.44. The molecule has 2 unspecified atom stereocenters. The van der Waals surface area contributed by atoms with Gasteiger partial charge in [0.1, 0.15) is 11.6 Å². The lowest BCUT2D eigenvalue weighted by Gasteiger charge is -2.09. The molecule has 0 N–H and O–H groups in total. The highest BCUT2D eigenvalue weighted by atomic mass is 19.1. The minimum atomic E-state index is -0.205. The molecule has 88 valence electrons. The first-order valence-corrected chi connectivity index (χ1v) is 5.77. The summed E-state index contributed by atoms with van der Waals surface area (Å²) in [6, 6.07) is 4.69. The summed E-state index contributed by atoms with van der Waals surface area (Å²) < 4.78 is 23.9. The van der Waals surface area contributed by atoms with Crippen molar-refractivity contribution in [2.24, 2.45) is 0 Å². The van der Waals surface area contributed by atoms with Crippen LogP contribution in [0, 0.1) is 5.82 Å². The van der Waals surface area contributed by atoms with E-state index < -0.39 is 0 Å². The van der Waals surface area contributed by atoms with Gasteiger partial charge in [-0.25, -0.2) is 4.39 Å². The zero-order chi connectivity index (χ0) is 11.5. The van der Waals surface area contributed by atoms with E-state index in [1.165, 1.54) is 6.07 Å². The Hall–Kier alpha value is -1.09. The van der Waals surface area contributed by atoms with Gasteiger partial charge < -0.3 is 9.47 Å². The van der Waals surface area contributed by atoms with Gasteiger partial charge in [0.15, 0.2) is 0 Å². The van der Waals surface area contributed by atoms with Crippen LogP contribution in [0.15, 0.2) is 18.2 Å². The molecule has 2 atom stereocenters. The van der Waals surface area contributed by atoms with Gasteiger partial charge in [0.2, 0.25) is 0 Å². The van der Waals surface area contributed by atoms with Crippen molar-refractivity contribution in [2.45, 2.75) is 38.9 Å². The predicted molar refractivity (Wildman–Crippen MR) is 60.2 cm³/mol. The molecule has 3 heteroatoms. The number of rotatable bonds is 5. The van der Waals surface area contributed by atoms with Gasteiger partial charge >= 0.3 is 0 Å². The molecule has 0 aliphatic carbocycles. The Morgan fingerprint density at radius 2 is 2.19 bits per heavy atom. The lowest BCUT2D eigenvalue weighted by atomic mass is 10.1. The number of hydrogen-bond donors (Lipinski definition) is 0. The molecule has 1 aromatic carbocycles. The number of halogens is 1. The quantitative estimate of drug-likeness (QED) is 0.717. The highest BCUT2D eigenvalue weighted by Gasteiger charge is 2.33. The van der Waals surface area contributed by atoms with Crippen LogP contribution in [0.1, 0.15) is 25.8 Å². The summed E-state index contributed by atoms with van der Waals surface area (Å²) in [5, 5.41) is 0. The normalized spacial score (nSPS) is 23.2. The standard InChI is InChI=1S/C13H17FO2/c1-3-15-13-7-5-11(14)8-10(13)4-6-12-9(2)16-12/h5,7-9,12H,3-4,6H2,1-2H3. The first-order chi connectivity index (χ1) is 7.70. The number of aryl methyl sites for hydroxylation is 1. The summed E-state index contributed by atoms with van der Waals surface area (Å²) in [6.07, 6.45) is 2.45. The molecule has 0 saturated carbocycles. The summed E-state index contributed by atoms with van der Waals surface area (Å²) in [7, 11) is 0. The van der Waals surface area contributed by atoms with E-state index >= 15 is 0 Å². The summed E-state index contributed by atoms with van der Waals surface area (Å²) in [6.45, 7) is 4.59. The van der Waals surface area contributed by atoms with Crippen LogP contribution in [0.2, 0.25) is 0 Å². The van der Waals surface area contributed by atoms with E-state index in [0.29, 0.717) is 18.8 Å². The highest BCUT2D eigenvalue weighted by Crippen LogP contribution is 2.28. The number of epoxide rings is 1. The zero-order valence-corrected chi connectivity index (χ0v) is 9.70. The van der Waals surface area contributed by atoms with Crippen LogP contribution in [-0.2, 0) is 11.2 Å². The summed E-state index contributed by atoms with van der Waals surface area (Å²) in [5.74, 6) is 0.584. The van der Waals surface area contributed by atoms with Crippen LogP contribution in [-0.4, -0.2) is 18.8 Å². The van der Waals surface area contributed by atoms with Gasteiger partial charge in [0, 0.05) is 0 Å². The second kappa shape index (κ2) is 4.83. The van der Waals surface area contributed by atoms with Crippen molar-refractivity contribution < 1.29 is 13.9 Å². The van der Waals surface area contributed by atoms with Gasteiger partial charge in [-0.2, -0.15) is 0 Å². The predicted octanol–water partition coefficient (Wildman–Crippen LogP) is 2.94. The van der Waals surface area contributed by atoms with E-state index in [1.807, 2.05) is 6.92 Å². The van der Waals surface area contributed by atoms with Crippen LogP contribution >= 0.6 is 0 Å². The fraction of sp³-hybridized carbons (Fsp3) is 0.538. The molecule has 1 heterocycles. The third kappa shape index (κ3) is 2.73. The average Bonchev–Trinajstić information content (AvgIpc) is 2.95. The molecule has 0 amide bonds. The van der Waals surface area contributed by atoms with Gasteiger partial charge in [-0.05, 0) is 50.5 Å². The van der Waals surface area contributed by atoms with Gasteiger partial charge in [-0.3, -0.25) is 0 Å². The monoisotopic (exact) mass is 224 g/mol. The topological polar surface area (TPSA) is 21.8 Å². The molecule has 0 aromatic heterocycles. The minimum absolute atomic E-state index is 0.205. The van der Waals surface area contributed by atoms with Crippen LogP contribution in [0.3, 0.4) is 0 Å². The SMILES string of the molecule is CCOc1ccc(F)cc1CCC1OC1C. The van der Waals surface area contributed by atoms with Crippen molar-refractivity contribution in [3.63, 3.8) is 0 Å². The molecule has 1 fully saturated rings. The number of hydrogen-bond acceptors (Lipinski definition) is 2. The minimum Gasteiger partial charge on any atom is -0.494 e. The molecule has 0 bridgehead atoms. The Bertz CT molecular complexity index is 365. The van der Waals surface area contributed by atoms with Crippen molar-refractivity contribution in [1.82, 2.24) is 0 Å². The van der Waals surface area contributed by atoms with Crippen LogP contribution in [0.25, 0.3) is 0 Å². The molecule has 0 spiro atoms. The van der Waals surface area contributed by atoms with E-state index in [0.717, 1.165) is 24.2 Å². The molecule has 1 aliphatic rings. The molecule has 16 heavy (non-hydrogen) atoms. The molecule has 0 radical (unpaired) electrons. The fourth-order valence-electron chi connectivity index (χ4n) is 1.87. The van der Waals surface area contributed by atoms with Gasteiger partial charge in [-0.15, -0.1) is 0 Å². The molecular formula is C13H17FO2. The van der Waals surface area contributed by atoms with Crippen molar-refractivity contribution >= 4 is 0 Å². The molecule has 1 saturated heterocycles. The number of ether oxygens (including phenoxy) is 2.